The maximum atomic E-state index is 8.46. The van der Waals surface area contributed by atoms with Crippen molar-refractivity contribution in [2.75, 3.05) is 32.0 Å². The van der Waals surface area contributed by atoms with Gasteiger partial charge in [-0.05, 0) is 35.2 Å². The number of benzene rings is 2. The molecule has 0 aliphatic carbocycles. The van der Waals surface area contributed by atoms with Gasteiger partial charge >= 0.3 is 0 Å². The van der Waals surface area contributed by atoms with E-state index in [0.717, 1.165) is 50.4 Å². The van der Waals surface area contributed by atoms with Gasteiger partial charge in [0.25, 0.3) is 0 Å². The van der Waals surface area contributed by atoms with Crippen molar-refractivity contribution < 1.29 is 4.74 Å². The largest absolute Gasteiger partial charge is 0.398 e. The first kappa shape index (κ1) is 20.0. The number of allylic oxidation sites excluding steroid dienone is 1. The van der Waals surface area contributed by atoms with E-state index in [1.54, 1.807) is 6.07 Å². The lowest BCUT2D eigenvalue weighted by molar-refractivity contribution is 0.0342. The van der Waals surface area contributed by atoms with Crippen LogP contribution in [0.1, 0.15) is 22.3 Å². The molecule has 0 radical (unpaired) electrons. The van der Waals surface area contributed by atoms with Crippen molar-refractivity contribution >= 4 is 17.1 Å². The minimum Gasteiger partial charge on any atom is -0.398 e. The molecule has 5 nitrogen and oxygen atoms in total. The Morgan fingerprint density at radius 2 is 1.82 bits per heavy atom. The van der Waals surface area contributed by atoms with Crippen LogP contribution in [0.15, 0.2) is 55.1 Å². The van der Waals surface area contributed by atoms with E-state index in [4.69, 9.17) is 21.3 Å². The average molecular weight is 377 g/mol. The van der Waals surface area contributed by atoms with Crippen LogP contribution in [0.4, 0.5) is 5.69 Å². The van der Waals surface area contributed by atoms with Gasteiger partial charge in [-0.2, -0.15) is 0 Å². The van der Waals surface area contributed by atoms with Gasteiger partial charge in [0.2, 0.25) is 0 Å². The van der Waals surface area contributed by atoms with E-state index >= 15 is 0 Å². The lowest BCUT2D eigenvalue weighted by atomic mass is 9.96. The number of nitrogen functional groups attached to an aromatic ring is 1. The van der Waals surface area contributed by atoms with Crippen molar-refractivity contribution in [2.24, 2.45) is 0 Å². The number of rotatable bonds is 8. The van der Waals surface area contributed by atoms with Crippen molar-refractivity contribution in [3.8, 4) is 0 Å². The summed E-state index contributed by atoms with van der Waals surface area (Å²) < 4.78 is 5.41. The van der Waals surface area contributed by atoms with Crippen molar-refractivity contribution in [3.05, 3.63) is 77.4 Å². The third kappa shape index (κ3) is 5.15. The highest BCUT2D eigenvalue weighted by Gasteiger charge is 2.14. The Hall–Kier alpha value is -2.76. The maximum absolute atomic E-state index is 8.46. The summed E-state index contributed by atoms with van der Waals surface area (Å²) in [6.45, 7) is 8.11. The molecule has 5 heteroatoms. The Labute approximate surface area is 166 Å². The lowest BCUT2D eigenvalue weighted by Crippen LogP contribution is -2.35. The van der Waals surface area contributed by atoms with E-state index in [2.05, 4.69) is 23.6 Å². The molecule has 2 aromatic rings. The highest BCUT2D eigenvalue weighted by Crippen LogP contribution is 2.18. The van der Waals surface area contributed by atoms with Crippen LogP contribution in [-0.2, 0) is 24.1 Å². The number of nitrogens with one attached hydrogen (secondary N) is 2. The third-order valence-corrected chi connectivity index (χ3v) is 4.95. The summed E-state index contributed by atoms with van der Waals surface area (Å²) in [5, 5.41) is 16.9. The first-order chi connectivity index (χ1) is 13.6. The molecule has 28 heavy (non-hydrogen) atoms. The highest BCUT2D eigenvalue weighted by atomic mass is 16.5. The predicted molar refractivity (Wildman–Crippen MR) is 116 cm³/mol. The van der Waals surface area contributed by atoms with Gasteiger partial charge in [0, 0.05) is 37.3 Å². The standard InChI is InChI=1S/C23H28N4O/c1-2-4-17-7-8-21(24)20(14-17)23(26)22(25)15-18-5-3-6-19(13-18)16-27-9-11-28-12-10-27/h2-3,5-8,13-14,25-26H,1,4,9-12,15-16,24H2. The highest BCUT2D eigenvalue weighted by molar-refractivity contribution is 6.47. The van der Waals surface area contributed by atoms with Gasteiger partial charge in [-0.15, -0.1) is 6.58 Å². The second kappa shape index (κ2) is 9.44. The van der Waals surface area contributed by atoms with Crippen molar-refractivity contribution in [2.45, 2.75) is 19.4 Å². The molecule has 0 spiro atoms. The molecule has 3 rings (SSSR count). The van der Waals surface area contributed by atoms with E-state index in [0.29, 0.717) is 17.7 Å². The summed E-state index contributed by atoms with van der Waals surface area (Å²) in [4.78, 5) is 2.38. The Bertz CT molecular complexity index is 869. The average Bonchev–Trinajstić information content (AvgIpc) is 2.70. The van der Waals surface area contributed by atoms with Crippen LogP contribution >= 0.6 is 0 Å². The Balaban J connectivity index is 1.68. The monoisotopic (exact) mass is 376 g/mol. The second-order valence-corrected chi connectivity index (χ2v) is 7.15. The molecule has 146 valence electrons. The fourth-order valence-electron chi connectivity index (χ4n) is 3.42. The van der Waals surface area contributed by atoms with Crippen LogP contribution < -0.4 is 5.73 Å². The topological polar surface area (TPSA) is 86.2 Å². The van der Waals surface area contributed by atoms with Gasteiger partial charge < -0.3 is 15.9 Å². The molecule has 0 atom stereocenters. The van der Waals surface area contributed by atoms with Gasteiger partial charge in [0.05, 0.1) is 24.6 Å². The van der Waals surface area contributed by atoms with E-state index in [1.807, 2.05) is 30.3 Å². The van der Waals surface area contributed by atoms with Gasteiger partial charge in [0.1, 0.15) is 0 Å². The van der Waals surface area contributed by atoms with E-state index < -0.39 is 0 Å². The van der Waals surface area contributed by atoms with Gasteiger partial charge in [-0.25, -0.2) is 0 Å². The molecular formula is C23H28N4O. The van der Waals surface area contributed by atoms with Crippen molar-refractivity contribution in [1.82, 2.24) is 4.90 Å². The summed E-state index contributed by atoms with van der Waals surface area (Å²) >= 11 is 0. The summed E-state index contributed by atoms with van der Waals surface area (Å²) in [6, 6.07) is 13.9. The quantitative estimate of drug-likeness (QED) is 0.375. The number of anilines is 1. The molecule has 1 aliphatic rings. The zero-order valence-electron chi connectivity index (χ0n) is 16.2. The smallest absolute Gasteiger partial charge is 0.0844 e. The van der Waals surface area contributed by atoms with Gasteiger partial charge in [-0.1, -0.05) is 36.4 Å². The van der Waals surface area contributed by atoms with Crippen LogP contribution in [0.25, 0.3) is 0 Å². The molecule has 0 unspecified atom stereocenters. The minimum atomic E-state index is 0.182. The fourth-order valence-corrected chi connectivity index (χ4v) is 3.42. The van der Waals surface area contributed by atoms with E-state index in [1.165, 1.54) is 5.56 Å². The molecule has 4 N–H and O–H groups in total. The molecule has 1 fully saturated rings. The molecule has 0 saturated carbocycles. The number of hydrogen-bond acceptors (Lipinski definition) is 5. The Morgan fingerprint density at radius 3 is 2.57 bits per heavy atom. The molecule has 1 saturated heterocycles. The molecule has 1 heterocycles. The third-order valence-electron chi connectivity index (χ3n) is 4.95. The van der Waals surface area contributed by atoms with Crippen LogP contribution in [0.2, 0.25) is 0 Å². The van der Waals surface area contributed by atoms with Crippen LogP contribution in [0.5, 0.6) is 0 Å². The van der Waals surface area contributed by atoms with Gasteiger partial charge in [0.15, 0.2) is 0 Å². The first-order valence-corrected chi connectivity index (χ1v) is 9.60. The fraction of sp³-hybridized carbons (Fsp3) is 0.304. The Kier molecular flexibility index (Phi) is 6.74. The maximum Gasteiger partial charge on any atom is 0.0844 e. The number of nitrogens with two attached hydrogens (primary N) is 1. The van der Waals surface area contributed by atoms with Crippen molar-refractivity contribution in [3.63, 3.8) is 0 Å². The Morgan fingerprint density at radius 1 is 1.07 bits per heavy atom. The number of nitrogens with zero attached hydrogens (tertiary/aromatic N) is 1. The first-order valence-electron chi connectivity index (χ1n) is 9.60. The zero-order valence-corrected chi connectivity index (χ0v) is 16.2. The molecule has 2 aromatic carbocycles. The summed E-state index contributed by atoms with van der Waals surface area (Å²) in [7, 11) is 0. The summed E-state index contributed by atoms with van der Waals surface area (Å²) in [6.07, 6.45) is 2.96. The van der Waals surface area contributed by atoms with Gasteiger partial charge in [-0.3, -0.25) is 10.3 Å². The predicted octanol–water partition coefficient (Wildman–Crippen LogP) is 3.46. The number of hydrogen-bond donors (Lipinski definition) is 3. The van der Waals surface area contributed by atoms with Crippen molar-refractivity contribution in [1.29, 1.82) is 10.8 Å². The zero-order chi connectivity index (χ0) is 19.9. The van der Waals surface area contributed by atoms with E-state index in [-0.39, 0.29) is 11.4 Å². The number of ether oxygens (including phenoxy) is 1. The van der Waals surface area contributed by atoms with Crippen LogP contribution in [0.3, 0.4) is 0 Å². The molecule has 0 aromatic heterocycles. The SMILES string of the molecule is C=CCc1ccc(N)c(C(=N)C(=N)Cc2cccc(CN3CCOCC3)c2)c1. The minimum absolute atomic E-state index is 0.182. The molecule has 0 bridgehead atoms. The molecule has 1 aliphatic heterocycles. The number of morpholine rings is 1. The summed E-state index contributed by atoms with van der Waals surface area (Å²) in [5.41, 5.74) is 11.0. The summed E-state index contributed by atoms with van der Waals surface area (Å²) in [5.74, 6) is 0. The second-order valence-electron chi connectivity index (χ2n) is 7.15. The van der Waals surface area contributed by atoms with Crippen LogP contribution in [0, 0.1) is 10.8 Å². The lowest BCUT2D eigenvalue weighted by Gasteiger charge is -2.26. The van der Waals surface area contributed by atoms with Crippen LogP contribution in [-0.4, -0.2) is 42.6 Å². The molecule has 0 amide bonds. The normalized spacial score (nSPS) is 14.6. The van der Waals surface area contributed by atoms with E-state index in [9.17, 15) is 0 Å². The molecular weight excluding hydrogens is 348 g/mol.